The van der Waals surface area contributed by atoms with Crippen molar-refractivity contribution in [3.05, 3.63) is 47.3 Å². The quantitative estimate of drug-likeness (QED) is 0.764. The Hall–Kier alpha value is -2.32. The molecule has 0 bridgehead atoms. The molecule has 1 aliphatic heterocycles. The number of nitriles is 1. The Morgan fingerprint density at radius 3 is 2.91 bits per heavy atom. The molecule has 0 saturated carbocycles. The van der Waals surface area contributed by atoms with Crippen LogP contribution in [-0.2, 0) is 0 Å². The molecule has 5 nitrogen and oxygen atoms in total. The summed E-state index contributed by atoms with van der Waals surface area (Å²) in [6, 6.07) is 11.7. The van der Waals surface area contributed by atoms with E-state index >= 15 is 0 Å². The molecule has 1 fully saturated rings. The van der Waals surface area contributed by atoms with Crippen LogP contribution in [0.25, 0.3) is 0 Å². The van der Waals surface area contributed by atoms with Crippen LogP contribution in [0.4, 0.5) is 0 Å². The molecule has 1 aliphatic rings. The molecule has 1 aromatic heterocycles. The molecule has 0 amide bonds. The Kier molecular flexibility index (Phi) is 4.94. The number of aryl methyl sites for hydroxylation is 1. The van der Waals surface area contributed by atoms with Gasteiger partial charge in [-0.25, -0.2) is 0 Å². The van der Waals surface area contributed by atoms with Crippen molar-refractivity contribution in [2.24, 2.45) is 0 Å². The van der Waals surface area contributed by atoms with Gasteiger partial charge in [0.05, 0.1) is 30.0 Å². The van der Waals surface area contributed by atoms with Crippen LogP contribution in [0.15, 0.2) is 34.9 Å². The second kappa shape index (κ2) is 7.30. The van der Waals surface area contributed by atoms with Crippen LogP contribution in [-0.4, -0.2) is 29.8 Å². The SMILES string of the molecule is Cc1cc([C@H]2CCCN2CCCOc2ccc(C#N)cc2)on1. The largest absolute Gasteiger partial charge is 0.494 e. The van der Waals surface area contributed by atoms with Crippen LogP contribution in [0.1, 0.15) is 42.3 Å². The van der Waals surface area contributed by atoms with Gasteiger partial charge in [-0.15, -0.1) is 0 Å². The topological polar surface area (TPSA) is 62.3 Å². The van der Waals surface area contributed by atoms with Crippen molar-refractivity contribution < 1.29 is 9.26 Å². The summed E-state index contributed by atoms with van der Waals surface area (Å²) in [6.07, 6.45) is 3.29. The standard InChI is InChI=1S/C18H21N3O2/c1-14-12-18(23-20-14)17-4-2-9-21(17)10-3-11-22-16-7-5-15(13-19)6-8-16/h5-8,12,17H,2-4,9-11H2,1H3/t17-/m1/s1. The Bertz CT molecular complexity index is 672. The third-order valence-electron chi connectivity index (χ3n) is 4.18. The van der Waals surface area contributed by atoms with E-state index < -0.39 is 0 Å². The van der Waals surface area contributed by atoms with Gasteiger partial charge in [-0.2, -0.15) is 5.26 Å². The molecule has 5 heteroatoms. The van der Waals surface area contributed by atoms with E-state index in [-0.39, 0.29) is 0 Å². The smallest absolute Gasteiger partial charge is 0.154 e. The molecule has 1 aromatic carbocycles. The second-order valence-corrected chi connectivity index (χ2v) is 5.90. The normalized spacial score (nSPS) is 18.0. The van der Waals surface area contributed by atoms with Crippen LogP contribution < -0.4 is 4.74 Å². The van der Waals surface area contributed by atoms with E-state index in [1.165, 1.54) is 6.42 Å². The van der Waals surface area contributed by atoms with Gasteiger partial charge in [0.15, 0.2) is 5.76 Å². The Labute approximate surface area is 136 Å². The summed E-state index contributed by atoms with van der Waals surface area (Å²) >= 11 is 0. The molecule has 0 spiro atoms. The number of likely N-dealkylation sites (tertiary alicyclic amines) is 1. The first-order valence-electron chi connectivity index (χ1n) is 8.06. The molecule has 2 heterocycles. The van der Waals surface area contributed by atoms with Gasteiger partial charge in [0.1, 0.15) is 5.75 Å². The Morgan fingerprint density at radius 1 is 1.39 bits per heavy atom. The van der Waals surface area contributed by atoms with Crippen LogP contribution in [0.5, 0.6) is 5.75 Å². The first kappa shape index (κ1) is 15.6. The minimum atomic E-state index is 0.353. The lowest BCUT2D eigenvalue weighted by Gasteiger charge is -2.22. The van der Waals surface area contributed by atoms with Crippen LogP contribution in [0.2, 0.25) is 0 Å². The van der Waals surface area contributed by atoms with Crippen molar-refractivity contribution >= 4 is 0 Å². The Balaban J connectivity index is 1.45. The van der Waals surface area contributed by atoms with Crippen LogP contribution in [0, 0.1) is 18.3 Å². The lowest BCUT2D eigenvalue weighted by atomic mass is 10.1. The van der Waals surface area contributed by atoms with Gasteiger partial charge in [-0.05, 0) is 57.0 Å². The van der Waals surface area contributed by atoms with Crippen molar-refractivity contribution in [3.63, 3.8) is 0 Å². The van der Waals surface area contributed by atoms with Crippen molar-refractivity contribution in [1.82, 2.24) is 10.1 Å². The predicted octanol–water partition coefficient (Wildman–Crippen LogP) is 3.46. The van der Waals surface area contributed by atoms with Crippen molar-refractivity contribution in [3.8, 4) is 11.8 Å². The highest BCUT2D eigenvalue weighted by atomic mass is 16.5. The lowest BCUT2D eigenvalue weighted by molar-refractivity contribution is 0.195. The summed E-state index contributed by atoms with van der Waals surface area (Å²) in [5.74, 6) is 1.79. The summed E-state index contributed by atoms with van der Waals surface area (Å²) in [5, 5.41) is 12.8. The maximum absolute atomic E-state index is 8.78. The van der Waals surface area contributed by atoms with Crippen LogP contribution in [0.3, 0.4) is 0 Å². The molecule has 0 radical (unpaired) electrons. The average molecular weight is 311 g/mol. The fourth-order valence-electron chi connectivity index (χ4n) is 3.04. The highest BCUT2D eigenvalue weighted by Gasteiger charge is 2.28. The van der Waals surface area contributed by atoms with Crippen LogP contribution >= 0.6 is 0 Å². The molecule has 0 aliphatic carbocycles. The van der Waals surface area contributed by atoms with Gasteiger partial charge in [0, 0.05) is 12.6 Å². The molecule has 23 heavy (non-hydrogen) atoms. The molecule has 0 N–H and O–H groups in total. The minimum absolute atomic E-state index is 0.353. The number of rotatable bonds is 6. The predicted molar refractivity (Wildman–Crippen MR) is 86.1 cm³/mol. The molecular weight excluding hydrogens is 290 g/mol. The molecular formula is C18H21N3O2. The maximum Gasteiger partial charge on any atom is 0.154 e. The van der Waals surface area contributed by atoms with E-state index in [0.717, 1.165) is 43.1 Å². The fourth-order valence-corrected chi connectivity index (χ4v) is 3.04. The van der Waals surface area contributed by atoms with Gasteiger partial charge >= 0.3 is 0 Å². The van der Waals surface area contributed by atoms with E-state index in [2.05, 4.69) is 16.1 Å². The summed E-state index contributed by atoms with van der Waals surface area (Å²) in [6.45, 7) is 4.71. The summed E-state index contributed by atoms with van der Waals surface area (Å²) in [5.41, 5.74) is 1.59. The van der Waals surface area contributed by atoms with Gasteiger partial charge in [0.2, 0.25) is 0 Å². The van der Waals surface area contributed by atoms with Crippen molar-refractivity contribution in [1.29, 1.82) is 5.26 Å². The fraction of sp³-hybridized carbons (Fsp3) is 0.444. The number of hydrogen-bond donors (Lipinski definition) is 0. The van der Waals surface area contributed by atoms with E-state index in [9.17, 15) is 0 Å². The van der Waals surface area contributed by atoms with Crippen molar-refractivity contribution in [2.75, 3.05) is 19.7 Å². The van der Waals surface area contributed by atoms with Crippen molar-refractivity contribution in [2.45, 2.75) is 32.2 Å². The minimum Gasteiger partial charge on any atom is -0.494 e. The second-order valence-electron chi connectivity index (χ2n) is 5.90. The molecule has 1 atom stereocenters. The van der Waals surface area contributed by atoms with E-state index in [1.54, 1.807) is 12.1 Å². The zero-order valence-corrected chi connectivity index (χ0v) is 13.4. The number of nitrogens with zero attached hydrogens (tertiary/aromatic N) is 3. The molecule has 2 aromatic rings. The zero-order valence-electron chi connectivity index (χ0n) is 13.4. The van der Waals surface area contributed by atoms with E-state index in [1.807, 2.05) is 25.1 Å². The van der Waals surface area contributed by atoms with Gasteiger partial charge in [-0.1, -0.05) is 5.16 Å². The highest BCUT2D eigenvalue weighted by Crippen LogP contribution is 2.32. The maximum atomic E-state index is 8.78. The number of benzene rings is 1. The Morgan fingerprint density at radius 2 is 2.22 bits per heavy atom. The molecule has 120 valence electrons. The first-order chi connectivity index (χ1) is 11.3. The van der Waals surface area contributed by atoms with E-state index in [4.69, 9.17) is 14.5 Å². The average Bonchev–Trinajstić information content (AvgIpc) is 3.20. The monoisotopic (exact) mass is 311 g/mol. The zero-order chi connectivity index (χ0) is 16.1. The summed E-state index contributed by atoms with van der Waals surface area (Å²) < 4.78 is 11.2. The number of ether oxygens (including phenoxy) is 1. The van der Waals surface area contributed by atoms with Gasteiger partial charge in [0.25, 0.3) is 0 Å². The first-order valence-corrected chi connectivity index (χ1v) is 8.06. The number of aromatic nitrogens is 1. The molecule has 1 saturated heterocycles. The van der Waals surface area contributed by atoms with Gasteiger partial charge in [-0.3, -0.25) is 4.90 Å². The summed E-state index contributed by atoms with van der Waals surface area (Å²) in [4.78, 5) is 2.45. The third kappa shape index (κ3) is 3.91. The van der Waals surface area contributed by atoms with E-state index in [0.29, 0.717) is 18.2 Å². The number of hydrogen-bond acceptors (Lipinski definition) is 5. The molecule has 3 rings (SSSR count). The molecule has 0 unspecified atom stereocenters. The third-order valence-corrected chi connectivity index (χ3v) is 4.18. The van der Waals surface area contributed by atoms with Gasteiger partial charge < -0.3 is 9.26 Å². The summed E-state index contributed by atoms with van der Waals surface area (Å²) in [7, 11) is 0. The highest BCUT2D eigenvalue weighted by molar-refractivity contribution is 5.34. The lowest BCUT2D eigenvalue weighted by Crippen LogP contribution is -2.25.